The molecule has 0 aliphatic rings. The van der Waals surface area contributed by atoms with E-state index in [0.29, 0.717) is 26.3 Å². The van der Waals surface area contributed by atoms with E-state index in [9.17, 15) is 14.4 Å². The number of methoxy groups -OCH3 is 1. The van der Waals surface area contributed by atoms with Gasteiger partial charge in [0.1, 0.15) is 12.3 Å². The number of carbonyl (C=O) groups is 3. The summed E-state index contributed by atoms with van der Waals surface area (Å²) in [5, 5.41) is 0. The number of para-hydroxylation sites is 1. The van der Waals surface area contributed by atoms with Crippen molar-refractivity contribution < 1.29 is 28.6 Å². The van der Waals surface area contributed by atoms with Crippen LogP contribution in [0.5, 0.6) is 5.75 Å². The number of thiazole rings is 1. The third-order valence-electron chi connectivity index (χ3n) is 4.02. The van der Waals surface area contributed by atoms with Crippen molar-refractivity contribution in [1.82, 2.24) is 4.57 Å². The molecule has 0 radical (unpaired) electrons. The van der Waals surface area contributed by atoms with E-state index in [1.165, 1.54) is 18.4 Å². The Hall–Kier alpha value is -3.46. The maximum Gasteiger partial charge on any atom is 0.337 e. The summed E-state index contributed by atoms with van der Waals surface area (Å²) < 4.78 is 17.5. The molecule has 0 saturated heterocycles. The Balaban J connectivity index is 1.95. The first-order chi connectivity index (χ1) is 14.5. The van der Waals surface area contributed by atoms with E-state index in [-0.39, 0.29) is 19.8 Å². The minimum atomic E-state index is -0.504. The highest BCUT2D eigenvalue weighted by Gasteiger charge is 2.15. The van der Waals surface area contributed by atoms with E-state index in [0.717, 1.165) is 0 Å². The molecule has 0 aliphatic heterocycles. The first-order valence-corrected chi connectivity index (χ1v) is 9.96. The molecule has 0 bridgehead atoms. The van der Waals surface area contributed by atoms with Crippen LogP contribution in [0, 0.1) is 0 Å². The third-order valence-corrected chi connectivity index (χ3v) is 5.06. The Morgan fingerprint density at radius 1 is 1.10 bits per heavy atom. The molecule has 3 rings (SSSR count). The van der Waals surface area contributed by atoms with Gasteiger partial charge in [0.2, 0.25) is 0 Å². The van der Waals surface area contributed by atoms with Crippen molar-refractivity contribution in [3.8, 4) is 5.75 Å². The topological polar surface area (TPSA) is 96.2 Å². The van der Waals surface area contributed by atoms with Crippen molar-refractivity contribution in [2.24, 2.45) is 4.99 Å². The molecular formula is C21H20N2O6S. The molecule has 1 aromatic heterocycles. The molecule has 0 spiro atoms. The number of nitrogens with zero attached hydrogens (tertiary/aromatic N) is 2. The van der Waals surface area contributed by atoms with Crippen LogP contribution in [0.4, 0.5) is 0 Å². The minimum Gasteiger partial charge on any atom is -0.484 e. The molecule has 156 valence electrons. The van der Waals surface area contributed by atoms with Crippen molar-refractivity contribution in [3.05, 3.63) is 58.9 Å². The van der Waals surface area contributed by atoms with Crippen molar-refractivity contribution >= 4 is 39.4 Å². The highest BCUT2D eigenvalue weighted by molar-refractivity contribution is 7.16. The summed E-state index contributed by atoms with van der Waals surface area (Å²) in [5.41, 5.74) is 1.01. The number of hydrogen-bond acceptors (Lipinski definition) is 7. The number of esters is 2. The van der Waals surface area contributed by atoms with Crippen LogP contribution in [-0.4, -0.2) is 42.7 Å². The van der Waals surface area contributed by atoms with Crippen LogP contribution in [0.3, 0.4) is 0 Å². The average molecular weight is 428 g/mol. The minimum absolute atomic E-state index is 0.114. The Morgan fingerprint density at radius 2 is 1.87 bits per heavy atom. The van der Waals surface area contributed by atoms with Gasteiger partial charge in [0.05, 0.1) is 29.5 Å². The predicted octanol–water partition coefficient (Wildman–Crippen LogP) is 2.56. The molecule has 0 N–H and O–H groups in total. The molecule has 0 unspecified atom stereocenters. The fourth-order valence-corrected chi connectivity index (χ4v) is 3.78. The Morgan fingerprint density at radius 3 is 2.57 bits per heavy atom. The zero-order valence-electron chi connectivity index (χ0n) is 16.5. The Labute approximate surface area is 176 Å². The fourth-order valence-electron chi connectivity index (χ4n) is 2.69. The van der Waals surface area contributed by atoms with Gasteiger partial charge in [-0.2, -0.15) is 4.99 Å². The van der Waals surface area contributed by atoms with Crippen LogP contribution in [0.15, 0.2) is 53.5 Å². The normalized spacial score (nSPS) is 11.3. The van der Waals surface area contributed by atoms with Gasteiger partial charge >= 0.3 is 11.9 Å². The summed E-state index contributed by atoms with van der Waals surface area (Å²) >= 11 is 1.18. The number of amides is 1. The Bertz CT molecular complexity index is 1130. The van der Waals surface area contributed by atoms with E-state index in [1.807, 2.05) is 6.07 Å². The van der Waals surface area contributed by atoms with Gasteiger partial charge in [0.25, 0.3) is 5.91 Å². The predicted molar refractivity (Wildman–Crippen MR) is 110 cm³/mol. The zero-order valence-corrected chi connectivity index (χ0v) is 17.3. The lowest BCUT2D eigenvalue weighted by Crippen LogP contribution is -2.24. The smallest absolute Gasteiger partial charge is 0.337 e. The maximum atomic E-state index is 12.4. The molecule has 1 amide bonds. The van der Waals surface area contributed by atoms with Gasteiger partial charge in [-0.3, -0.25) is 9.59 Å². The number of ether oxygens (including phenoxy) is 3. The molecule has 8 nitrogen and oxygen atoms in total. The largest absolute Gasteiger partial charge is 0.484 e. The van der Waals surface area contributed by atoms with Crippen LogP contribution in [0.1, 0.15) is 17.3 Å². The van der Waals surface area contributed by atoms with Gasteiger partial charge in [-0.15, -0.1) is 0 Å². The van der Waals surface area contributed by atoms with Gasteiger partial charge < -0.3 is 18.8 Å². The molecule has 1 heterocycles. The SMILES string of the molecule is CCOC(=O)Cn1c(=NC(=O)COc2ccccc2)sc2cc(C(=O)OC)ccc21. The molecule has 0 aliphatic carbocycles. The van der Waals surface area contributed by atoms with E-state index >= 15 is 0 Å². The van der Waals surface area contributed by atoms with Gasteiger partial charge in [0, 0.05) is 0 Å². The third kappa shape index (κ3) is 5.12. The molecule has 0 saturated carbocycles. The molecule has 0 atom stereocenters. The number of carbonyl (C=O) groups excluding carboxylic acids is 3. The summed E-state index contributed by atoms with van der Waals surface area (Å²) in [5.74, 6) is -0.882. The Kier molecular flexibility index (Phi) is 6.97. The average Bonchev–Trinajstić information content (AvgIpc) is 3.08. The zero-order chi connectivity index (χ0) is 21.5. The standard InChI is InChI=1S/C21H20N2O6S/c1-3-28-19(25)12-23-16-10-9-14(20(26)27-2)11-17(16)30-21(23)22-18(24)13-29-15-7-5-4-6-8-15/h4-11H,3,12-13H2,1-2H3. The van der Waals surface area contributed by atoms with E-state index in [4.69, 9.17) is 14.2 Å². The second kappa shape index (κ2) is 9.84. The van der Waals surface area contributed by atoms with E-state index < -0.39 is 17.8 Å². The van der Waals surface area contributed by atoms with Crippen molar-refractivity contribution in [2.45, 2.75) is 13.5 Å². The number of hydrogen-bond donors (Lipinski definition) is 0. The number of benzene rings is 2. The van der Waals surface area contributed by atoms with Crippen LogP contribution < -0.4 is 9.54 Å². The quantitative estimate of drug-likeness (QED) is 0.537. The number of fused-ring (bicyclic) bond motifs is 1. The summed E-state index contributed by atoms with van der Waals surface area (Å²) in [6.07, 6.45) is 0. The van der Waals surface area contributed by atoms with Crippen molar-refractivity contribution in [2.75, 3.05) is 20.3 Å². The van der Waals surface area contributed by atoms with E-state index in [2.05, 4.69) is 4.99 Å². The molecule has 30 heavy (non-hydrogen) atoms. The van der Waals surface area contributed by atoms with Gasteiger partial charge in [-0.1, -0.05) is 29.5 Å². The monoisotopic (exact) mass is 428 g/mol. The van der Waals surface area contributed by atoms with Crippen LogP contribution in [-0.2, 0) is 25.6 Å². The first kappa shape index (κ1) is 21.3. The summed E-state index contributed by atoms with van der Waals surface area (Å²) in [4.78, 5) is 40.7. The lowest BCUT2D eigenvalue weighted by atomic mass is 10.2. The maximum absolute atomic E-state index is 12.4. The molecule has 2 aromatic carbocycles. The van der Waals surface area contributed by atoms with Gasteiger partial charge in [-0.25, -0.2) is 4.79 Å². The summed E-state index contributed by atoms with van der Waals surface area (Å²) in [6.45, 7) is 1.60. The molecule has 9 heteroatoms. The number of rotatable bonds is 7. The van der Waals surface area contributed by atoms with Crippen molar-refractivity contribution in [3.63, 3.8) is 0 Å². The molecule has 0 fully saturated rings. The number of aromatic nitrogens is 1. The highest BCUT2D eigenvalue weighted by Crippen LogP contribution is 2.20. The highest BCUT2D eigenvalue weighted by atomic mass is 32.1. The second-order valence-electron chi connectivity index (χ2n) is 6.06. The lowest BCUT2D eigenvalue weighted by molar-refractivity contribution is -0.143. The van der Waals surface area contributed by atoms with Crippen LogP contribution in [0.25, 0.3) is 10.2 Å². The lowest BCUT2D eigenvalue weighted by Gasteiger charge is -2.06. The van der Waals surface area contributed by atoms with Crippen LogP contribution >= 0.6 is 11.3 Å². The van der Waals surface area contributed by atoms with E-state index in [1.54, 1.807) is 54.0 Å². The summed E-state index contributed by atoms with van der Waals surface area (Å²) in [7, 11) is 1.30. The first-order valence-electron chi connectivity index (χ1n) is 9.14. The molecular weight excluding hydrogens is 408 g/mol. The van der Waals surface area contributed by atoms with Crippen LogP contribution in [0.2, 0.25) is 0 Å². The molecule has 3 aromatic rings. The summed E-state index contributed by atoms with van der Waals surface area (Å²) in [6, 6.07) is 13.8. The van der Waals surface area contributed by atoms with Gasteiger partial charge in [-0.05, 0) is 37.3 Å². The van der Waals surface area contributed by atoms with Gasteiger partial charge in [0.15, 0.2) is 11.4 Å². The second-order valence-corrected chi connectivity index (χ2v) is 7.07. The van der Waals surface area contributed by atoms with Crippen molar-refractivity contribution in [1.29, 1.82) is 0 Å². The fraction of sp³-hybridized carbons (Fsp3) is 0.238.